The van der Waals surface area contributed by atoms with Gasteiger partial charge >= 0.3 is 5.97 Å². The molecule has 0 aliphatic rings. The van der Waals surface area contributed by atoms with Crippen molar-refractivity contribution < 1.29 is 14.4 Å². The summed E-state index contributed by atoms with van der Waals surface area (Å²) in [6.07, 6.45) is 7.27. The monoisotopic (exact) mass is 563 g/mol. The Kier molecular flexibility index (Phi) is 12.7. The summed E-state index contributed by atoms with van der Waals surface area (Å²) >= 11 is 0. The Labute approximate surface area is 248 Å². The summed E-state index contributed by atoms with van der Waals surface area (Å²) in [5, 5.41) is 0. The lowest BCUT2D eigenvalue weighted by Gasteiger charge is -2.34. The van der Waals surface area contributed by atoms with Gasteiger partial charge in [0.1, 0.15) is 0 Å². The molecular weight excluding hydrogens is 510 g/mol. The largest absolute Gasteiger partial charge is 0.466 e. The molecule has 0 aliphatic carbocycles. The van der Waals surface area contributed by atoms with Gasteiger partial charge in [0, 0.05) is 23.7 Å². The molecule has 6 nitrogen and oxygen atoms in total. The zero-order chi connectivity index (χ0) is 30.8. The van der Waals surface area contributed by atoms with E-state index < -0.39 is 0 Å². The number of benzene rings is 2. The smallest absolute Gasteiger partial charge is 0.310 e. The van der Waals surface area contributed by atoms with Crippen LogP contribution < -0.4 is 16.9 Å². The maximum Gasteiger partial charge on any atom is 0.310 e. The minimum absolute atomic E-state index is 0.0576. The molecule has 0 aliphatic heterocycles. The Morgan fingerprint density at radius 2 is 1.61 bits per heavy atom. The molecular formula is C35H53N3O3. The van der Waals surface area contributed by atoms with E-state index in [4.69, 9.17) is 21.0 Å². The van der Waals surface area contributed by atoms with Crippen LogP contribution in [0.2, 0.25) is 0 Å². The van der Waals surface area contributed by atoms with E-state index in [1.807, 2.05) is 7.05 Å². The molecule has 0 bridgehead atoms. The van der Waals surface area contributed by atoms with Gasteiger partial charge in [-0.1, -0.05) is 71.0 Å². The minimum atomic E-state index is -0.322. The first-order valence-corrected chi connectivity index (χ1v) is 14.9. The van der Waals surface area contributed by atoms with Gasteiger partial charge in [-0.2, -0.15) is 0 Å². The van der Waals surface area contributed by atoms with Crippen LogP contribution >= 0.6 is 0 Å². The van der Waals surface area contributed by atoms with Crippen LogP contribution in [0.4, 0.5) is 0 Å². The number of carbonyl (C=O) groups is 1. The molecule has 0 saturated carbocycles. The van der Waals surface area contributed by atoms with Crippen molar-refractivity contribution in [1.29, 1.82) is 0 Å². The summed E-state index contributed by atoms with van der Waals surface area (Å²) in [5.74, 6) is -0.322. The molecule has 226 valence electrons. The molecule has 0 fully saturated rings. The summed E-state index contributed by atoms with van der Waals surface area (Å²) in [7, 11) is 1.83. The number of aryl methyl sites for hydroxylation is 3. The number of nitrogens with one attached hydrogen (secondary N) is 1. The van der Waals surface area contributed by atoms with Gasteiger partial charge in [-0.25, -0.2) is 5.48 Å². The third-order valence-corrected chi connectivity index (χ3v) is 8.30. The lowest BCUT2D eigenvalue weighted by atomic mass is 9.69. The summed E-state index contributed by atoms with van der Waals surface area (Å²) < 4.78 is 5.05. The Hall–Kier alpha value is -3.09. The van der Waals surface area contributed by atoms with Gasteiger partial charge in [0.2, 0.25) is 0 Å². The second-order valence-corrected chi connectivity index (χ2v) is 12.0. The Morgan fingerprint density at radius 1 is 1.00 bits per heavy atom. The number of nitrogens with two attached hydrogens (primary N) is 2. The zero-order valence-corrected chi connectivity index (χ0v) is 26.8. The Bertz CT molecular complexity index is 1220. The minimum Gasteiger partial charge on any atom is -0.466 e. The van der Waals surface area contributed by atoms with Crippen molar-refractivity contribution in [1.82, 2.24) is 5.48 Å². The number of allylic oxidation sites excluding steroid dienone is 1. The maximum absolute atomic E-state index is 11.9. The van der Waals surface area contributed by atoms with Crippen LogP contribution in [0.1, 0.15) is 101 Å². The number of rotatable bonds is 14. The van der Waals surface area contributed by atoms with Crippen molar-refractivity contribution in [2.24, 2.45) is 16.9 Å². The van der Waals surface area contributed by atoms with E-state index in [1.165, 1.54) is 28.5 Å². The number of ether oxygens (including phenoxy) is 1. The lowest BCUT2D eigenvalue weighted by Crippen LogP contribution is -2.33. The molecule has 1 unspecified atom stereocenters. The first kappa shape index (κ1) is 34.1. The van der Waals surface area contributed by atoms with Gasteiger partial charge in [0.05, 0.1) is 19.1 Å². The highest BCUT2D eigenvalue weighted by Crippen LogP contribution is 2.41. The van der Waals surface area contributed by atoms with Gasteiger partial charge in [-0.3, -0.25) is 9.63 Å². The van der Waals surface area contributed by atoms with Gasteiger partial charge in [0.15, 0.2) is 0 Å². The third kappa shape index (κ3) is 8.70. The van der Waals surface area contributed by atoms with Crippen molar-refractivity contribution in [2.75, 3.05) is 13.7 Å². The molecule has 2 rings (SSSR count). The molecule has 0 amide bonds. The van der Waals surface area contributed by atoms with Crippen LogP contribution in [0.25, 0.3) is 5.70 Å². The standard InChI is InChI=1S/C35H53N3O3/c1-10-35(11-2,28-15-13-27(24(4)19-28)14-18-32(41-38-9)34(6,7)8)29-16-17-30(25(5)20-29)31(37)21-26(23-36)22-33(39)40-12-3/h13,15-17,19-21,23,32,38H,10-12,14,18,22,36-37H2,1-9H3/b26-23+,31-21-. The van der Waals surface area contributed by atoms with Crippen LogP contribution in [0, 0.1) is 19.3 Å². The van der Waals surface area contributed by atoms with Crippen molar-refractivity contribution in [3.8, 4) is 0 Å². The number of hydrogen-bond donors (Lipinski definition) is 3. The van der Waals surface area contributed by atoms with E-state index in [1.54, 1.807) is 13.0 Å². The molecule has 0 spiro atoms. The van der Waals surface area contributed by atoms with Gasteiger partial charge in [-0.15, -0.1) is 0 Å². The van der Waals surface area contributed by atoms with Crippen molar-refractivity contribution >= 4 is 11.7 Å². The number of hydrogen-bond acceptors (Lipinski definition) is 6. The highest BCUT2D eigenvalue weighted by molar-refractivity contribution is 5.76. The van der Waals surface area contributed by atoms with Crippen molar-refractivity contribution in [2.45, 2.75) is 99.0 Å². The van der Waals surface area contributed by atoms with E-state index >= 15 is 0 Å². The normalized spacial score (nSPS) is 13.8. The number of hydroxylamine groups is 1. The van der Waals surface area contributed by atoms with Crippen molar-refractivity contribution in [3.05, 3.63) is 87.6 Å². The molecule has 2 aromatic rings. The summed E-state index contributed by atoms with van der Waals surface area (Å²) in [6.45, 7) is 17.6. The van der Waals surface area contributed by atoms with Crippen LogP contribution in [-0.2, 0) is 26.2 Å². The summed E-state index contributed by atoms with van der Waals surface area (Å²) in [5.41, 5.74) is 23.6. The fraction of sp³-hybridized carbons (Fsp3) is 0.514. The molecule has 0 radical (unpaired) electrons. The molecule has 2 aromatic carbocycles. The van der Waals surface area contributed by atoms with E-state index in [0.717, 1.165) is 36.8 Å². The van der Waals surface area contributed by atoms with E-state index in [2.05, 4.69) is 90.3 Å². The van der Waals surface area contributed by atoms with Gasteiger partial charge in [-0.05, 0) is 97.5 Å². The second-order valence-electron chi connectivity index (χ2n) is 12.0. The van der Waals surface area contributed by atoms with Crippen LogP contribution in [0.3, 0.4) is 0 Å². The number of carbonyl (C=O) groups excluding carboxylic acids is 1. The molecule has 5 N–H and O–H groups in total. The van der Waals surface area contributed by atoms with Crippen LogP contribution in [0.15, 0.2) is 54.2 Å². The Balaban J connectivity index is 2.38. The molecule has 0 saturated heterocycles. The fourth-order valence-corrected chi connectivity index (χ4v) is 5.70. The third-order valence-electron chi connectivity index (χ3n) is 8.30. The first-order valence-electron chi connectivity index (χ1n) is 14.9. The Morgan fingerprint density at radius 3 is 2.10 bits per heavy atom. The molecule has 6 heteroatoms. The number of esters is 1. The highest BCUT2D eigenvalue weighted by Gasteiger charge is 2.32. The SMILES string of the molecule is CCOC(=O)CC(=C/N)/C=C(\N)c1ccc(C(CC)(CC)c2ccc(CCC(ONC)C(C)(C)C)c(C)c2)cc1C. The molecule has 1 atom stereocenters. The molecule has 41 heavy (non-hydrogen) atoms. The van der Waals surface area contributed by atoms with E-state index in [9.17, 15) is 4.79 Å². The van der Waals surface area contributed by atoms with E-state index in [-0.39, 0.29) is 29.3 Å². The quantitative estimate of drug-likeness (QED) is 0.130. The average molecular weight is 564 g/mol. The molecule has 0 aromatic heterocycles. The van der Waals surface area contributed by atoms with Crippen LogP contribution in [-0.4, -0.2) is 25.7 Å². The first-order chi connectivity index (χ1) is 19.4. The topological polar surface area (TPSA) is 99.6 Å². The van der Waals surface area contributed by atoms with Crippen molar-refractivity contribution in [3.63, 3.8) is 0 Å². The fourth-order valence-electron chi connectivity index (χ4n) is 5.70. The predicted octanol–water partition coefficient (Wildman–Crippen LogP) is 7.00. The predicted molar refractivity (Wildman–Crippen MR) is 171 cm³/mol. The lowest BCUT2D eigenvalue weighted by molar-refractivity contribution is -0.142. The second kappa shape index (κ2) is 15.2. The maximum atomic E-state index is 11.9. The summed E-state index contributed by atoms with van der Waals surface area (Å²) in [6, 6.07) is 13.5. The highest BCUT2D eigenvalue weighted by atomic mass is 16.7. The van der Waals surface area contributed by atoms with Gasteiger partial charge < -0.3 is 16.2 Å². The van der Waals surface area contributed by atoms with Gasteiger partial charge in [0.25, 0.3) is 0 Å². The van der Waals surface area contributed by atoms with Crippen LogP contribution in [0.5, 0.6) is 0 Å². The average Bonchev–Trinajstić information content (AvgIpc) is 2.92. The summed E-state index contributed by atoms with van der Waals surface area (Å²) in [4.78, 5) is 17.8. The zero-order valence-electron chi connectivity index (χ0n) is 26.8. The molecule has 0 heterocycles. The van der Waals surface area contributed by atoms with E-state index in [0.29, 0.717) is 17.9 Å².